The van der Waals surface area contributed by atoms with Gasteiger partial charge in [-0.15, -0.1) is 11.3 Å². The minimum Gasteiger partial charge on any atom is -0.504 e. The Hall–Kier alpha value is -6.24. The van der Waals surface area contributed by atoms with Crippen molar-refractivity contribution in [1.82, 2.24) is 15.4 Å². The lowest BCUT2D eigenvalue weighted by Gasteiger charge is -2.16. The van der Waals surface area contributed by atoms with Crippen LogP contribution in [-0.4, -0.2) is 78.1 Å². The molecule has 57 heavy (non-hydrogen) atoms. The third-order valence-electron chi connectivity index (χ3n) is 7.52. The Morgan fingerprint density at radius 1 is 0.789 bits per heavy atom. The molecule has 4 aromatic carbocycles. The number of nitrogens with zero attached hydrogens (tertiary/aromatic N) is 1. The predicted molar refractivity (Wildman–Crippen MR) is 194 cm³/mol. The minimum absolute atomic E-state index is 0.0641. The first kappa shape index (κ1) is 41.9. The number of carbonyl (C=O) groups is 2. The molecular formula is C34H28F3N4O13PS2. The highest BCUT2D eigenvalue weighted by atomic mass is 32.2. The zero-order valence-corrected chi connectivity index (χ0v) is 31.2. The highest BCUT2D eigenvalue weighted by Crippen LogP contribution is 2.45. The van der Waals surface area contributed by atoms with Gasteiger partial charge in [0.15, 0.2) is 34.6 Å². The molecule has 2 amide bonds. The van der Waals surface area contributed by atoms with Crippen molar-refractivity contribution >= 4 is 50.9 Å². The first-order valence-electron chi connectivity index (χ1n) is 15.9. The first-order valence-corrected chi connectivity index (χ1v) is 20.0. The standard InChI is InChI=1S/C34H28F3N4O13PS2/c35-22-13-20(4-1-19(22)15-38)54-55(48,49)16-41-57(50,51)27-14-21-28(36)30(52-9-7-39-33(46)17-2-5-23(42)25(44)11-17)31(29(37)32(21)56-27)53-10-8-40-34(47)18-3-6-24(43)26(45)12-18/h1-6,11-14,41-45H,7-10,16H2,(H,39,46)(H,40,47)(H,48,49). The zero-order chi connectivity index (χ0) is 41.7. The summed E-state index contributed by atoms with van der Waals surface area (Å²) in [6.07, 6.45) is -1.27. The molecule has 23 heteroatoms. The van der Waals surface area contributed by atoms with Gasteiger partial charge < -0.3 is 50.0 Å². The maximum Gasteiger partial charge on any atom is 0.391 e. The number of phenolic OH excluding ortho intramolecular Hbond substituents is 4. The lowest BCUT2D eigenvalue weighted by molar-refractivity contribution is 0.0936. The molecule has 0 aliphatic carbocycles. The number of nitrogens with one attached hydrogen (secondary N) is 3. The average Bonchev–Trinajstić information content (AvgIpc) is 3.63. The van der Waals surface area contributed by atoms with Crippen molar-refractivity contribution in [1.29, 1.82) is 5.26 Å². The van der Waals surface area contributed by atoms with Crippen molar-refractivity contribution in [3.63, 3.8) is 0 Å². The molecule has 5 rings (SSSR count). The third-order valence-corrected chi connectivity index (χ3v) is 11.8. The second-order valence-corrected chi connectivity index (χ2v) is 16.3. The van der Waals surface area contributed by atoms with E-state index >= 15 is 8.78 Å². The number of amides is 2. The molecule has 0 saturated carbocycles. The first-order chi connectivity index (χ1) is 26.9. The van der Waals surface area contributed by atoms with Crippen molar-refractivity contribution in [2.45, 2.75) is 4.21 Å². The summed E-state index contributed by atoms with van der Waals surface area (Å²) in [5.41, 5.74) is -0.517. The van der Waals surface area contributed by atoms with Crippen molar-refractivity contribution in [2.75, 3.05) is 32.6 Å². The Bertz CT molecular complexity index is 2470. The monoisotopic (exact) mass is 852 g/mol. The average molecular weight is 853 g/mol. The summed E-state index contributed by atoms with van der Waals surface area (Å²) in [5.74, 6) is -9.54. The summed E-state index contributed by atoms with van der Waals surface area (Å²) in [7, 11) is -9.66. The summed E-state index contributed by atoms with van der Waals surface area (Å²) >= 11 is 0.202. The normalized spacial score (nSPS) is 12.3. The van der Waals surface area contributed by atoms with E-state index in [4.69, 9.17) is 19.3 Å². The van der Waals surface area contributed by atoms with Crippen LogP contribution in [0.2, 0.25) is 0 Å². The number of phenols is 4. The molecule has 0 saturated heterocycles. The fourth-order valence-electron chi connectivity index (χ4n) is 4.76. The van der Waals surface area contributed by atoms with E-state index in [1.165, 1.54) is 12.1 Å². The molecule has 0 aliphatic heterocycles. The van der Waals surface area contributed by atoms with Gasteiger partial charge in [0.25, 0.3) is 21.8 Å². The third kappa shape index (κ3) is 9.96. The summed E-state index contributed by atoms with van der Waals surface area (Å²) in [6.45, 7) is -1.72. The number of ether oxygens (including phenoxy) is 2. The largest absolute Gasteiger partial charge is 0.504 e. The lowest BCUT2D eigenvalue weighted by atomic mass is 10.2. The van der Waals surface area contributed by atoms with Gasteiger partial charge in [0.05, 0.1) is 23.4 Å². The molecule has 1 atom stereocenters. The fraction of sp³-hybridized carbons (Fsp3) is 0.147. The van der Waals surface area contributed by atoms with Crippen molar-refractivity contribution in [2.24, 2.45) is 0 Å². The number of fused-ring (bicyclic) bond motifs is 1. The summed E-state index contributed by atoms with van der Waals surface area (Å²) in [6, 6.07) is 11.3. The fourth-order valence-corrected chi connectivity index (χ4v) is 8.70. The van der Waals surface area contributed by atoms with Crippen molar-refractivity contribution < 1.29 is 75.1 Å². The van der Waals surface area contributed by atoms with Crippen molar-refractivity contribution in [3.8, 4) is 46.3 Å². The summed E-state index contributed by atoms with van der Waals surface area (Å²) < 4.78 is 101. The topological polar surface area (TPSA) is 274 Å². The van der Waals surface area contributed by atoms with E-state index in [2.05, 4.69) is 10.6 Å². The van der Waals surface area contributed by atoms with Gasteiger partial charge in [0, 0.05) is 22.6 Å². The van der Waals surface area contributed by atoms with Crippen LogP contribution in [0.5, 0.6) is 40.2 Å². The highest BCUT2D eigenvalue weighted by molar-refractivity contribution is 7.92. The van der Waals surface area contributed by atoms with Crippen LogP contribution in [0, 0.1) is 28.8 Å². The summed E-state index contributed by atoms with van der Waals surface area (Å²) in [5, 5.41) is 51.3. The van der Waals surface area contributed by atoms with Gasteiger partial charge in [-0.1, -0.05) is 0 Å². The molecular weight excluding hydrogens is 824 g/mol. The number of hydrogen-bond donors (Lipinski definition) is 8. The second-order valence-electron chi connectivity index (χ2n) is 11.5. The van der Waals surface area contributed by atoms with Gasteiger partial charge >= 0.3 is 7.60 Å². The highest BCUT2D eigenvalue weighted by Gasteiger charge is 2.31. The number of hydrogen-bond acceptors (Lipinski definition) is 14. The number of aromatic hydroxyl groups is 4. The Labute approximate surface area is 323 Å². The predicted octanol–water partition coefficient (Wildman–Crippen LogP) is 4.13. The molecule has 0 radical (unpaired) electrons. The molecule has 0 aliphatic rings. The Balaban J connectivity index is 1.35. The molecule has 5 aromatic rings. The maximum atomic E-state index is 16.1. The van der Waals surface area contributed by atoms with E-state index in [-0.39, 0.29) is 41.1 Å². The second kappa shape index (κ2) is 17.3. The Morgan fingerprint density at radius 3 is 1.84 bits per heavy atom. The van der Waals surface area contributed by atoms with Crippen LogP contribution in [0.4, 0.5) is 13.2 Å². The molecule has 8 N–H and O–H groups in total. The van der Waals surface area contributed by atoms with Gasteiger partial charge in [0.1, 0.15) is 41.3 Å². The quantitative estimate of drug-likeness (QED) is 0.0394. The number of nitriles is 1. The molecule has 1 heterocycles. The number of rotatable bonds is 16. The van der Waals surface area contributed by atoms with E-state index in [0.29, 0.717) is 12.1 Å². The molecule has 17 nitrogen and oxygen atoms in total. The minimum atomic E-state index is -4.87. The van der Waals surface area contributed by atoms with E-state index in [1.807, 2.05) is 0 Å². The van der Waals surface area contributed by atoms with Crippen LogP contribution in [0.15, 0.2) is 64.9 Å². The van der Waals surface area contributed by atoms with Gasteiger partial charge in [-0.05, 0) is 54.6 Å². The molecule has 0 fully saturated rings. The van der Waals surface area contributed by atoms with Gasteiger partial charge in [0.2, 0.25) is 11.5 Å². The Morgan fingerprint density at radius 2 is 1.33 bits per heavy atom. The smallest absolute Gasteiger partial charge is 0.391 e. The number of thiophene rings is 1. The van der Waals surface area contributed by atoms with E-state index in [1.54, 1.807) is 10.8 Å². The van der Waals surface area contributed by atoms with Crippen LogP contribution in [0.1, 0.15) is 26.3 Å². The van der Waals surface area contributed by atoms with Crippen LogP contribution in [-0.2, 0) is 14.6 Å². The molecule has 0 spiro atoms. The zero-order valence-electron chi connectivity index (χ0n) is 28.7. The van der Waals surface area contributed by atoms with E-state index in [9.17, 15) is 52.3 Å². The number of halogens is 3. The Kier molecular flexibility index (Phi) is 12.7. The SMILES string of the molecule is N#Cc1ccc(OP(=O)(O)CNS(=O)(=O)c2cc3c(F)c(OCCNC(=O)c4ccc(O)c(O)c4)c(OCCNC(=O)c4ccc(O)c(O)c4)c(F)c3s2)cc1F. The van der Waals surface area contributed by atoms with Crippen LogP contribution in [0.25, 0.3) is 10.1 Å². The maximum absolute atomic E-state index is 16.1. The van der Waals surface area contributed by atoms with Crippen LogP contribution in [0.3, 0.4) is 0 Å². The number of carbonyl (C=O) groups excluding carboxylic acids is 2. The summed E-state index contributed by atoms with van der Waals surface area (Å²) in [4.78, 5) is 35.2. The van der Waals surface area contributed by atoms with Crippen LogP contribution < -0.4 is 29.4 Å². The van der Waals surface area contributed by atoms with Gasteiger partial charge in [-0.3, -0.25) is 9.59 Å². The molecule has 1 aromatic heterocycles. The van der Waals surface area contributed by atoms with Crippen molar-refractivity contribution in [3.05, 3.63) is 94.8 Å². The van der Waals surface area contributed by atoms with E-state index in [0.717, 1.165) is 36.4 Å². The molecule has 1 unspecified atom stereocenters. The number of benzene rings is 4. The van der Waals surface area contributed by atoms with E-state index < -0.39 is 121 Å². The van der Waals surface area contributed by atoms with Crippen LogP contribution >= 0.6 is 18.9 Å². The number of sulfonamides is 1. The lowest BCUT2D eigenvalue weighted by Crippen LogP contribution is -2.29. The molecule has 300 valence electrons. The van der Waals surface area contributed by atoms with Gasteiger partial charge in [-0.2, -0.15) is 9.98 Å². The van der Waals surface area contributed by atoms with Gasteiger partial charge in [-0.25, -0.2) is 26.2 Å². The molecule has 0 bridgehead atoms.